The highest BCUT2D eigenvalue weighted by atomic mass is 16.2. The molecule has 2 rings (SSSR count). The minimum atomic E-state index is -0.241. The van der Waals surface area contributed by atoms with E-state index in [1.165, 1.54) is 0 Å². The molecule has 1 heterocycles. The fourth-order valence-corrected chi connectivity index (χ4v) is 3.73. The Kier molecular flexibility index (Phi) is 5.62. The molecular formula is C16H29N3O2. The van der Waals surface area contributed by atoms with Crippen molar-refractivity contribution in [2.24, 2.45) is 11.7 Å². The van der Waals surface area contributed by atoms with Gasteiger partial charge in [-0.3, -0.25) is 9.59 Å². The van der Waals surface area contributed by atoms with Gasteiger partial charge in [-0.25, -0.2) is 0 Å². The summed E-state index contributed by atoms with van der Waals surface area (Å²) in [7, 11) is 0. The second-order valence-corrected chi connectivity index (χ2v) is 6.31. The Hall–Kier alpha value is -1.10. The summed E-state index contributed by atoms with van der Waals surface area (Å²) in [6.07, 6.45) is 5.46. The fraction of sp³-hybridized carbons (Fsp3) is 0.875. The van der Waals surface area contributed by atoms with E-state index in [0.717, 1.165) is 38.6 Å². The minimum absolute atomic E-state index is 0.113. The normalized spacial score (nSPS) is 28.9. The summed E-state index contributed by atoms with van der Waals surface area (Å²) in [6, 6.07) is -0.0801. The summed E-state index contributed by atoms with van der Waals surface area (Å²) in [6.45, 7) is 6.11. The Balaban J connectivity index is 1.97. The fourth-order valence-electron chi connectivity index (χ4n) is 3.73. The zero-order valence-electron chi connectivity index (χ0n) is 13.4. The van der Waals surface area contributed by atoms with Crippen molar-refractivity contribution in [3.8, 4) is 0 Å². The van der Waals surface area contributed by atoms with Crippen molar-refractivity contribution in [3.63, 3.8) is 0 Å². The molecular weight excluding hydrogens is 266 g/mol. The van der Waals surface area contributed by atoms with Crippen molar-refractivity contribution in [2.75, 3.05) is 19.6 Å². The van der Waals surface area contributed by atoms with Gasteiger partial charge in [0.05, 0.1) is 0 Å². The molecule has 2 aliphatic rings. The Morgan fingerprint density at radius 2 is 1.86 bits per heavy atom. The third-order valence-electron chi connectivity index (χ3n) is 5.09. The summed E-state index contributed by atoms with van der Waals surface area (Å²) in [5.41, 5.74) is 6.07. The van der Waals surface area contributed by atoms with Crippen molar-refractivity contribution in [2.45, 2.75) is 64.5 Å². The van der Waals surface area contributed by atoms with E-state index in [9.17, 15) is 9.59 Å². The maximum Gasteiger partial charge on any atom is 0.245 e. The average molecular weight is 295 g/mol. The molecule has 0 bridgehead atoms. The van der Waals surface area contributed by atoms with Crippen molar-refractivity contribution in [3.05, 3.63) is 0 Å². The van der Waals surface area contributed by atoms with Crippen LogP contribution in [-0.2, 0) is 9.59 Å². The van der Waals surface area contributed by atoms with Gasteiger partial charge in [-0.2, -0.15) is 0 Å². The molecule has 1 aliphatic carbocycles. The minimum Gasteiger partial charge on any atom is -0.341 e. The molecule has 21 heavy (non-hydrogen) atoms. The van der Waals surface area contributed by atoms with E-state index in [4.69, 9.17) is 5.73 Å². The Bertz CT molecular complexity index is 382. The number of hydrogen-bond acceptors (Lipinski definition) is 3. The highest BCUT2D eigenvalue weighted by molar-refractivity contribution is 5.88. The number of nitrogens with two attached hydrogens (primary N) is 1. The molecule has 3 atom stereocenters. The van der Waals surface area contributed by atoms with Crippen LogP contribution in [0.15, 0.2) is 0 Å². The van der Waals surface area contributed by atoms with Crippen LogP contribution >= 0.6 is 0 Å². The molecule has 1 unspecified atom stereocenters. The van der Waals surface area contributed by atoms with Crippen LogP contribution in [0.4, 0.5) is 0 Å². The predicted octanol–water partition coefficient (Wildman–Crippen LogP) is 1.36. The Morgan fingerprint density at radius 3 is 2.43 bits per heavy atom. The van der Waals surface area contributed by atoms with E-state index < -0.39 is 0 Å². The first kappa shape index (κ1) is 16.3. The third-order valence-corrected chi connectivity index (χ3v) is 5.09. The maximum atomic E-state index is 12.6. The van der Waals surface area contributed by atoms with Gasteiger partial charge in [0.2, 0.25) is 11.8 Å². The summed E-state index contributed by atoms with van der Waals surface area (Å²) in [4.78, 5) is 28.7. The van der Waals surface area contributed by atoms with Crippen LogP contribution in [0.25, 0.3) is 0 Å². The van der Waals surface area contributed by atoms with Gasteiger partial charge in [0.25, 0.3) is 0 Å². The van der Waals surface area contributed by atoms with Crippen LogP contribution in [-0.4, -0.2) is 53.3 Å². The molecule has 5 heteroatoms. The van der Waals surface area contributed by atoms with Crippen molar-refractivity contribution in [1.82, 2.24) is 9.80 Å². The Morgan fingerprint density at radius 1 is 1.14 bits per heavy atom. The summed E-state index contributed by atoms with van der Waals surface area (Å²) < 4.78 is 0. The first-order valence-electron chi connectivity index (χ1n) is 8.42. The zero-order valence-corrected chi connectivity index (χ0v) is 13.4. The lowest BCUT2D eigenvalue weighted by molar-refractivity contribution is -0.144. The van der Waals surface area contributed by atoms with Crippen molar-refractivity contribution >= 4 is 11.8 Å². The molecule has 120 valence electrons. The van der Waals surface area contributed by atoms with E-state index in [1.54, 1.807) is 0 Å². The number of nitrogens with zero attached hydrogens (tertiary/aromatic N) is 2. The van der Waals surface area contributed by atoms with Gasteiger partial charge < -0.3 is 15.5 Å². The second-order valence-electron chi connectivity index (χ2n) is 6.31. The largest absolute Gasteiger partial charge is 0.341 e. The van der Waals surface area contributed by atoms with Gasteiger partial charge in [-0.15, -0.1) is 0 Å². The third kappa shape index (κ3) is 3.57. The molecule has 0 aromatic rings. The smallest absolute Gasteiger partial charge is 0.245 e. The van der Waals surface area contributed by atoms with Gasteiger partial charge in [-0.1, -0.05) is 6.42 Å². The molecule has 0 radical (unpaired) electrons. The number of likely N-dealkylation sites (tertiary alicyclic amines) is 1. The van der Waals surface area contributed by atoms with E-state index in [1.807, 2.05) is 23.6 Å². The number of rotatable bonds is 5. The molecule has 1 saturated heterocycles. The molecule has 2 amide bonds. The standard InChI is InChI=1S/C16H29N3O2/c1-3-18(4-2)16(21)14-9-6-10-19(14)15(20)11-12-7-5-8-13(12)17/h12-14H,3-11,17H2,1-2H3/t12-,13+,14?/m0/s1. The zero-order chi connectivity index (χ0) is 15.4. The van der Waals surface area contributed by atoms with Crippen LogP contribution in [0.3, 0.4) is 0 Å². The lowest BCUT2D eigenvalue weighted by Gasteiger charge is -2.30. The number of carbonyl (C=O) groups excluding carboxylic acids is 2. The molecule has 0 aromatic heterocycles. The summed E-state index contributed by atoms with van der Waals surface area (Å²) in [5, 5.41) is 0. The van der Waals surface area contributed by atoms with Crippen LogP contribution in [0, 0.1) is 5.92 Å². The lowest BCUT2D eigenvalue weighted by atomic mass is 9.99. The van der Waals surface area contributed by atoms with Gasteiger partial charge in [0, 0.05) is 32.1 Å². The second kappa shape index (κ2) is 7.25. The summed E-state index contributed by atoms with van der Waals surface area (Å²) >= 11 is 0. The van der Waals surface area contributed by atoms with Crippen LogP contribution in [0.2, 0.25) is 0 Å². The van der Waals surface area contributed by atoms with Gasteiger partial charge >= 0.3 is 0 Å². The quantitative estimate of drug-likeness (QED) is 0.833. The number of carbonyl (C=O) groups is 2. The SMILES string of the molecule is CCN(CC)C(=O)C1CCCN1C(=O)C[C@@H]1CCC[C@H]1N. The molecule has 1 saturated carbocycles. The number of likely N-dealkylation sites (N-methyl/N-ethyl adjacent to an activating group) is 1. The van der Waals surface area contributed by atoms with Crippen molar-refractivity contribution < 1.29 is 9.59 Å². The number of amides is 2. The van der Waals surface area contributed by atoms with Gasteiger partial charge in [0.1, 0.15) is 6.04 Å². The Labute approximate surface area is 127 Å². The molecule has 0 aromatic carbocycles. The molecule has 2 N–H and O–H groups in total. The first-order chi connectivity index (χ1) is 10.1. The van der Waals surface area contributed by atoms with Gasteiger partial charge in [0.15, 0.2) is 0 Å². The van der Waals surface area contributed by atoms with E-state index in [0.29, 0.717) is 25.4 Å². The number of hydrogen-bond donors (Lipinski definition) is 1. The van der Waals surface area contributed by atoms with E-state index in [-0.39, 0.29) is 23.9 Å². The van der Waals surface area contributed by atoms with Crippen LogP contribution in [0.5, 0.6) is 0 Å². The average Bonchev–Trinajstić information content (AvgIpc) is 3.09. The first-order valence-corrected chi connectivity index (χ1v) is 8.42. The van der Waals surface area contributed by atoms with Gasteiger partial charge in [-0.05, 0) is 45.4 Å². The maximum absolute atomic E-state index is 12.6. The molecule has 0 spiro atoms. The molecule has 5 nitrogen and oxygen atoms in total. The lowest BCUT2D eigenvalue weighted by Crippen LogP contribution is -2.48. The molecule has 1 aliphatic heterocycles. The van der Waals surface area contributed by atoms with E-state index >= 15 is 0 Å². The van der Waals surface area contributed by atoms with Crippen LogP contribution < -0.4 is 5.73 Å². The molecule has 2 fully saturated rings. The highest BCUT2D eigenvalue weighted by Crippen LogP contribution is 2.29. The van der Waals surface area contributed by atoms with Crippen LogP contribution in [0.1, 0.15) is 52.4 Å². The monoisotopic (exact) mass is 295 g/mol. The van der Waals surface area contributed by atoms with E-state index in [2.05, 4.69) is 0 Å². The highest BCUT2D eigenvalue weighted by Gasteiger charge is 2.37. The topological polar surface area (TPSA) is 66.6 Å². The predicted molar refractivity (Wildman–Crippen MR) is 82.6 cm³/mol. The van der Waals surface area contributed by atoms with Crippen molar-refractivity contribution in [1.29, 1.82) is 0 Å². The summed E-state index contributed by atoms with van der Waals surface area (Å²) in [5.74, 6) is 0.546.